The topological polar surface area (TPSA) is 38.7 Å². The molecular weight excluding hydrogens is 324 g/mol. The van der Waals surface area contributed by atoms with E-state index >= 15 is 0 Å². The van der Waals surface area contributed by atoms with Gasteiger partial charge in [-0.1, -0.05) is 25.8 Å². The Hall–Kier alpha value is -0.380. The van der Waals surface area contributed by atoms with Gasteiger partial charge in [0.25, 0.3) is 0 Å². The van der Waals surface area contributed by atoms with Gasteiger partial charge < -0.3 is 4.74 Å². The number of hydrogen-bond acceptors (Lipinski definition) is 3. The van der Waals surface area contributed by atoms with Crippen LogP contribution in [-0.2, 0) is 9.62 Å². The maximum Gasteiger partial charge on any atom is 0.111 e. The lowest BCUT2D eigenvalue weighted by Crippen LogP contribution is -2.36. The highest BCUT2D eigenvalue weighted by Crippen LogP contribution is 2.48. The predicted octanol–water partition coefficient (Wildman–Crippen LogP) is 6.24. The molecule has 0 spiro atoms. The van der Waals surface area contributed by atoms with Gasteiger partial charge in [-0.25, -0.2) is 4.89 Å². The normalized spacial score (nSPS) is 39.2. The van der Waals surface area contributed by atoms with Gasteiger partial charge in [0.1, 0.15) is 6.10 Å². The van der Waals surface area contributed by atoms with Crippen molar-refractivity contribution in [3.63, 3.8) is 0 Å². The van der Waals surface area contributed by atoms with Crippen LogP contribution in [-0.4, -0.2) is 24.1 Å². The molecule has 0 amide bonds. The van der Waals surface area contributed by atoms with Crippen LogP contribution < -0.4 is 0 Å². The van der Waals surface area contributed by atoms with E-state index in [2.05, 4.69) is 18.4 Å². The second-order valence-electron chi connectivity index (χ2n) is 9.44. The van der Waals surface area contributed by atoms with Crippen LogP contribution in [0.25, 0.3) is 0 Å². The first-order valence-corrected chi connectivity index (χ1v) is 11.2. The summed E-state index contributed by atoms with van der Waals surface area (Å²) in [5.74, 6) is 4.92. The largest absolute Gasteiger partial charge is 0.378 e. The predicted molar refractivity (Wildman–Crippen MR) is 106 cm³/mol. The molecule has 0 aromatic heterocycles. The van der Waals surface area contributed by atoms with Crippen molar-refractivity contribution in [2.45, 2.75) is 96.2 Å². The third-order valence-corrected chi connectivity index (χ3v) is 7.72. The summed E-state index contributed by atoms with van der Waals surface area (Å²) in [6.45, 7) is 6.87. The van der Waals surface area contributed by atoms with Crippen molar-refractivity contribution in [2.24, 2.45) is 29.6 Å². The molecule has 5 unspecified atom stereocenters. The van der Waals surface area contributed by atoms with Gasteiger partial charge in [0.2, 0.25) is 0 Å². The summed E-state index contributed by atoms with van der Waals surface area (Å²) in [5.41, 5.74) is 0. The molecule has 0 aromatic carbocycles. The Balaban J connectivity index is 1.35. The minimum absolute atomic E-state index is 0.257. The van der Waals surface area contributed by atoms with Gasteiger partial charge in [-0.05, 0) is 93.8 Å². The summed E-state index contributed by atoms with van der Waals surface area (Å²) in [6, 6.07) is 0. The third kappa shape index (κ3) is 5.56. The monoisotopic (exact) mass is 364 g/mol. The Morgan fingerprint density at radius 3 is 2.23 bits per heavy atom. The molecule has 0 radical (unpaired) electrons. The second-order valence-corrected chi connectivity index (χ2v) is 9.44. The van der Waals surface area contributed by atoms with Crippen molar-refractivity contribution in [3.05, 3.63) is 12.7 Å². The van der Waals surface area contributed by atoms with E-state index in [4.69, 9.17) is 9.99 Å². The summed E-state index contributed by atoms with van der Waals surface area (Å²) in [5, 5.41) is 8.72. The molecule has 26 heavy (non-hydrogen) atoms. The van der Waals surface area contributed by atoms with Crippen LogP contribution in [0.15, 0.2) is 12.7 Å². The number of rotatable bonds is 8. The minimum atomic E-state index is -0.257. The second kappa shape index (κ2) is 10.2. The summed E-state index contributed by atoms with van der Waals surface area (Å²) in [7, 11) is 0. The maximum absolute atomic E-state index is 8.72. The smallest absolute Gasteiger partial charge is 0.111 e. The Kier molecular flexibility index (Phi) is 8.02. The first kappa shape index (κ1) is 20.4. The molecule has 0 heterocycles. The van der Waals surface area contributed by atoms with E-state index in [0.717, 1.165) is 49.0 Å². The molecule has 3 heteroatoms. The van der Waals surface area contributed by atoms with E-state index in [1.807, 2.05) is 0 Å². The Labute approximate surface area is 160 Å². The molecule has 5 atom stereocenters. The van der Waals surface area contributed by atoms with Crippen LogP contribution in [0.5, 0.6) is 0 Å². The lowest BCUT2D eigenvalue weighted by atomic mass is 9.62. The first-order chi connectivity index (χ1) is 12.7. The maximum atomic E-state index is 8.72. The fraction of sp³-hybridized carbons (Fsp3) is 0.913. The van der Waals surface area contributed by atoms with Crippen LogP contribution in [0, 0.1) is 29.6 Å². The Bertz CT molecular complexity index is 416. The van der Waals surface area contributed by atoms with Crippen LogP contribution in [0.2, 0.25) is 0 Å². The zero-order chi connectivity index (χ0) is 18.4. The number of ether oxygens (including phenoxy) is 1. The summed E-state index contributed by atoms with van der Waals surface area (Å²) in [4.78, 5) is 4.35. The fourth-order valence-corrected chi connectivity index (χ4v) is 5.97. The van der Waals surface area contributed by atoms with Crippen LogP contribution in [0.3, 0.4) is 0 Å². The number of fused-ring (bicyclic) bond motifs is 1. The third-order valence-electron chi connectivity index (χ3n) is 7.72. The van der Waals surface area contributed by atoms with Crippen LogP contribution in [0.4, 0.5) is 0 Å². The molecule has 3 saturated carbocycles. The zero-order valence-electron chi connectivity index (χ0n) is 16.8. The van der Waals surface area contributed by atoms with E-state index in [1.54, 1.807) is 6.08 Å². The summed E-state index contributed by atoms with van der Waals surface area (Å²) in [6.07, 6.45) is 17.8. The molecule has 3 aliphatic carbocycles. The van der Waals surface area contributed by atoms with Gasteiger partial charge in [0.15, 0.2) is 0 Å². The van der Waals surface area contributed by atoms with E-state index in [1.165, 1.54) is 64.2 Å². The van der Waals surface area contributed by atoms with Crippen molar-refractivity contribution in [1.82, 2.24) is 0 Å². The first-order valence-electron chi connectivity index (χ1n) is 11.2. The summed E-state index contributed by atoms with van der Waals surface area (Å²) >= 11 is 0. The Morgan fingerprint density at radius 1 is 0.923 bits per heavy atom. The lowest BCUT2D eigenvalue weighted by molar-refractivity contribution is -0.267. The molecule has 3 aliphatic rings. The molecule has 0 saturated heterocycles. The quantitative estimate of drug-likeness (QED) is 0.240. The fourth-order valence-electron chi connectivity index (χ4n) is 5.97. The van der Waals surface area contributed by atoms with E-state index in [-0.39, 0.29) is 6.10 Å². The van der Waals surface area contributed by atoms with Gasteiger partial charge in [-0.3, -0.25) is 5.26 Å². The lowest BCUT2D eigenvalue weighted by Gasteiger charge is -2.45. The molecule has 3 fully saturated rings. The standard InChI is InChI=1S/C23H40O3/c1-3-22(26-24)5-4-14-25-23-13-12-20-15-19(10-11-21(20)16-23)18-8-6-17(2)7-9-18/h3,17-24H,1,4-16H2,2H3. The molecule has 3 nitrogen and oxygen atoms in total. The molecule has 1 N–H and O–H groups in total. The minimum Gasteiger partial charge on any atom is -0.378 e. The average molecular weight is 365 g/mol. The van der Waals surface area contributed by atoms with Crippen molar-refractivity contribution >= 4 is 0 Å². The van der Waals surface area contributed by atoms with Crippen molar-refractivity contribution in [3.8, 4) is 0 Å². The van der Waals surface area contributed by atoms with Crippen LogP contribution in [0.1, 0.15) is 84.0 Å². The van der Waals surface area contributed by atoms with E-state index in [9.17, 15) is 0 Å². The molecular formula is C23H40O3. The average Bonchev–Trinajstić information content (AvgIpc) is 2.68. The molecule has 3 rings (SSSR count). The highest BCUT2D eigenvalue weighted by molar-refractivity contribution is 4.89. The van der Waals surface area contributed by atoms with Gasteiger partial charge >= 0.3 is 0 Å². The Morgan fingerprint density at radius 2 is 1.54 bits per heavy atom. The van der Waals surface area contributed by atoms with E-state index < -0.39 is 0 Å². The van der Waals surface area contributed by atoms with Crippen molar-refractivity contribution in [1.29, 1.82) is 0 Å². The van der Waals surface area contributed by atoms with Gasteiger partial charge in [0, 0.05) is 6.61 Å². The van der Waals surface area contributed by atoms with Gasteiger partial charge in [0.05, 0.1) is 6.10 Å². The highest BCUT2D eigenvalue weighted by Gasteiger charge is 2.38. The van der Waals surface area contributed by atoms with E-state index in [0.29, 0.717) is 6.10 Å². The van der Waals surface area contributed by atoms with Gasteiger partial charge in [-0.15, -0.1) is 6.58 Å². The van der Waals surface area contributed by atoms with Crippen molar-refractivity contribution in [2.75, 3.05) is 6.61 Å². The molecule has 0 bridgehead atoms. The number of hydrogen-bond donors (Lipinski definition) is 1. The van der Waals surface area contributed by atoms with Crippen molar-refractivity contribution < 1.29 is 14.9 Å². The zero-order valence-corrected chi connectivity index (χ0v) is 16.8. The molecule has 0 aliphatic heterocycles. The van der Waals surface area contributed by atoms with Crippen LogP contribution >= 0.6 is 0 Å². The van der Waals surface area contributed by atoms with Gasteiger partial charge in [-0.2, -0.15) is 0 Å². The highest BCUT2D eigenvalue weighted by atomic mass is 17.1. The molecule has 0 aromatic rings. The molecule has 150 valence electrons. The summed E-state index contributed by atoms with van der Waals surface area (Å²) < 4.78 is 6.15. The SMILES string of the molecule is C=CC(CCCOC1CCC2CC(C3CCC(C)CC3)CCC2C1)OO.